The van der Waals surface area contributed by atoms with Gasteiger partial charge in [0.05, 0.1) is 4.90 Å². The van der Waals surface area contributed by atoms with E-state index in [1.54, 1.807) is 33.7 Å². The molecule has 0 radical (unpaired) electrons. The Bertz CT molecular complexity index is 371. The van der Waals surface area contributed by atoms with Gasteiger partial charge < -0.3 is 0 Å². The largest absolute Gasteiger partial charge is 0.261 e. The lowest BCUT2D eigenvalue weighted by atomic mass is 10.4. The van der Waals surface area contributed by atoms with Crippen LogP contribution in [-0.2, 0) is 9.05 Å². The van der Waals surface area contributed by atoms with Gasteiger partial charge in [-0.05, 0) is 30.5 Å². The molecule has 0 aliphatic heterocycles. The van der Waals surface area contributed by atoms with Gasteiger partial charge in [-0.1, -0.05) is 21.6 Å². The van der Waals surface area contributed by atoms with Crippen LogP contribution < -0.4 is 0 Å². The molecule has 0 aliphatic rings. The Morgan fingerprint density at radius 3 is 2.15 bits per heavy atom. The van der Waals surface area contributed by atoms with Gasteiger partial charge in [0, 0.05) is 15.6 Å². The van der Waals surface area contributed by atoms with E-state index in [2.05, 4.69) is 0 Å². The fourth-order valence-corrected chi connectivity index (χ4v) is 2.87. The zero-order valence-corrected chi connectivity index (χ0v) is 9.93. The molecule has 72 valence electrons. The molecule has 0 heterocycles. The Labute approximate surface area is 89.9 Å². The van der Waals surface area contributed by atoms with Crippen molar-refractivity contribution in [3.63, 3.8) is 0 Å². The third-order valence-corrected chi connectivity index (χ3v) is 4.36. The molecular formula is C7H7ClO2S3. The lowest BCUT2D eigenvalue weighted by Gasteiger charge is -1.98. The first-order chi connectivity index (χ1) is 6.04. The molecule has 0 unspecified atom stereocenters. The molecule has 0 aromatic heterocycles. The zero-order chi connectivity index (χ0) is 9.90. The molecule has 0 fully saturated rings. The van der Waals surface area contributed by atoms with E-state index in [9.17, 15) is 8.42 Å². The fourth-order valence-electron chi connectivity index (χ4n) is 0.754. The van der Waals surface area contributed by atoms with Crippen LogP contribution in [0.3, 0.4) is 0 Å². The minimum atomic E-state index is -3.58. The maximum atomic E-state index is 10.9. The van der Waals surface area contributed by atoms with Crippen molar-refractivity contribution < 1.29 is 8.42 Å². The Morgan fingerprint density at radius 2 is 1.77 bits per heavy atom. The van der Waals surface area contributed by atoms with Gasteiger partial charge in [0.25, 0.3) is 9.05 Å². The highest BCUT2D eigenvalue weighted by molar-refractivity contribution is 8.76. The van der Waals surface area contributed by atoms with Crippen molar-refractivity contribution >= 4 is 41.3 Å². The van der Waals surface area contributed by atoms with Crippen LogP contribution in [0.15, 0.2) is 34.1 Å². The van der Waals surface area contributed by atoms with Crippen LogP contribution in [-0.4, -0.2) is 14.7 Å². The van der Waals surface area contributed by atoms with E-state index in [4.69, 9.17) is 10.7 Å². The normalized spacial score (nSPS) is 11.5. The van der Waals surface area contributed by atoms with Gasteiger partial charge in [0.1, 0.15) is 0 Å². The van der Waals surface area contributed by atoms with Crippen molar-refractivity contribution in [2.24, 2.45) is 0 Å². The van der Waals surface area contributed by atoms with E-state index < -0.39 is 9.05 Å². The molecule has 1 rings (SSSR count). The van der Waals surface area contributed by atoms with Gasteiger partial charge >= 0.3 is 0 Å². The molecule has 0 saturated heterocycles. The van der Waals surface area contributed by atoms with Crippen LogP contribution in [0.2, 0.25) is 0 Å². The SMILES string of the molecule is CSSc1ccc(S(=O)(=O)Cl)cc1. The second kappa shape index (κ2) is 4.59. The molecule has 0 N–H and O–H groups in total. The number of hydrogen-bond acceptors (Lipinski definition) is 4. The summed E-state index contributed by atoms with van der Waals surface area (Å²) in [6.07, 6.45) is 1.96. The number of hydrogen-bond donors (Lipinski definition) is 0. The van der Waals surface area contributed by atoms with Crippen LogP contribution in [0.5, 0.6) is 0 Å². The summed E-state index contributed by atoms with van der Waals surface area (Å²) in [6.45, 7) is 0. The predicted octanol–water partition coefficient (Wildman–Crippen LogP) is 2.98. The minimum absolute atomic E-state index is 0.139. The molecule has 1 aromatic rings. The summed E-state index contributed by atoms with van der Waals surface area (Å²) in [7, 11) is 4.75. The molecule has 1 aromatic carbocycles. The Balaban J connectivity index is 2.94. The zero-order valence-electron chi connectivity index (χ0n) is 6.73. The first-order valence-corrected chi connectivity index (χ1v) is 8.16. The van der Waals surface area contributed by atoms with Crippen molar-refractivity contribution in [2.75, 3.05) is 6.26 Å². The second-order valence-corrected chi connectivity index (χ2v) is 7.20. The quantitative estimate of drug-likeness (QED) is 0.614. The van der Waals surface area contributed by atoms with E-state index in [1.807, 2.05) is 6.26 Å². The molecule has 0 bridgehead atoms. The van der Waals surface area contributed by atoms with Crippen LogP contribution >= 0.6 is 32.3 Å². The monoisotopic (exact) mass is 254 g/mol. The smallest absolute Gasteiger partial charge is 0.207 e. The Hall–Kier alpha value is 0.160. The van der Waals surface area contributed by atoms with Gasteiger partial charge in [-0.3, -0.25) is 0 Å². The lowest BCUT2D eigenvalue weighted by Crippen LogP contribution is -1.88. The third kappa shape index (κ3) is 3.42. The van der Waals surface area contributed by atoms with Crippen molar-refractivity contribution in [3.05, 3.63) is 24.3 Å². The maximum absolute atomic E-state index is 10.9. The molecular weight excluding hydrogens is 248 g/mol. The van der Waals surface area contributed by atoms with E-state index >= 15 is 0 Å². The highest BCUT2D eigenvalue weighted by Gasteiger charge is 2.08. The molecule has 6 heteroatoms. The van der Waals surface area contributed by atoms with Crippen LogP contribution in [0, 0.1) is 0 Å². The summed E-state index contributed by atoms with van der Waals surface area (Å²) < 4.78 is 21.7. The molecule has 0 amide bonds. The van der Waals surface area contributed by atoms with Gasteiger partial charge in [0.2, 0.25) is 0 Å². The number of halogens is 1. The first-order valence-electron chi connectivity index (χ1n) is 3.29. The van der Waals surface area contributed by atoms with Crippen LogP contribution in [0.1, 0.15) is 0 Å². The van der Waals surface area contributed by atoms with E-state index in [0.29, 0.717) is 0 Å². The summed E-state index contributed by atoms with van der Waals surface area (Å²) in [5.41, 5.74) is 0. The summed E-state index contributed by atoms with van der Waals surface area (Å²) >= 11 is 0. The van der Waals surface area contributed by atoms with E-state index in [0.717, 1.165) is 4.90 Å². The summed E-state index contributed by atoms with van der Waals surface area (Å²) in [6, 6.07) is 6.47. The van der Waals surface area contributed by atoms with Gasteiger partial charge in [-0.15, -0.1) is 0 Å². The van der Waals surface area contributed by atoms with Crippen molar-refractivity contribution in [1.29, 1.82) is 0 Å². The Morgan fingerprint density at radius 1 is 1.23 bits per heavy atom. The summed E-state index contributed by atoms with van der Waals surface area (Å²) in [5, 5.41) is 0. The number of benzene rings is 1. The van der Waals surface area contributed by atoms with E-state index in [1.165, 1.54) is 12.1 Å². The lowest BCUT2D eigenvalue weighted by molar-refractivity contribution is 0.609. The first kappa shape index (κ1) is 11.2. The summed E-state index contributed by atoms with van der Waals surface area (Å²) in [4.78, 5) is 1.15. The van der Waals surface area contributed by atoms with Crippen LogP contribution in [0.4, 0.5) is 0 Å². The van der Waals surface area contributed by atoms with Gasteiger partial charge in [-0.25, -0.2) is 8.42 Å². The Kier molecular flexibility index (Phi) is 3.97. The molecule has 2 nitrogen and oxygen atoms in total. The van der Waals surface area contributed by atoms with E-state index in [-0.39, 0.29) is 4.90 Å². The summed E-state index contributed by atoms with van der Waals surface area (Å²) in [5.74, 6) is 0. The fraction of sp³-hybridized carbons (Fsp3) is 0.143. The maximum Gasteiger partial charge on any atom is 0.261 e. The molecule has 0 spiro atoms. The van der Waals surface area contributed by atoms with Crippen molar-refractivity contribution in [3.8, 4) is 0 Å². The minimum Gasteiger partial charge on any atom is -0.207 e. The van der Waals surface area contributed by atoms with Gasteiger partial charge in [-0.2, -0.15) is 0 Å². The number of rotatable bonds is 3. The highest BCUT2D eigenvalue weighted by atomic mass is 35.7. The highest BCUT2D eigenvalue weighted by Crippen LogP contribution is 2.29. The van der Waals surface area contributed by atoms with Gasteiger partial charge in [0.15, 0.2) is 0 Å². The average molecular weight is 255 g/mol. The molecule has 0 aliphatic carbocycles. The molecule has 0 atom stereocenters. The topological polar surface area (TPSA) is 34.1 Å². The second-order valence-electron chi connectivity index (χ2n) is 2.16. The molecule has 13 heavy (non-hydrogen) atoms. The van der Waals surface area contributed by atoms with Crippen molar-refractivity contribution in [1.82, 2.24) is 0 Å². The predicted molar refractivity (Wildman–Crippen MR) is 58.9 cm³/mol. The average Bonchev–Trinajstić information content (AvgIpc) is 2.04. The van der Waals surface area contributed by atoms with Crippen molar-refractivity contribution in [2.45, 2.75) is 9.79 Å². The standard InChI is InChI=1S/C7H7ClO2S3/c1-11-12-6-2-4-7(5-3-6)13(8,9)10/h2-5H,1H3. The van der Waals surface area contributed by atoms with Crippen LogP contribution in [0.25, 0.3) is 0 Å². The molecule has 0 saturated carbocycles. The third-order valence-electron chi connectivity index (χ3n) is 1.28.